The molecule has 2 amide bonds. The van der Waals surface area contributed by atoms with E-state index in [0.717, 1.165) is 30.6 Å². The molecule has 3 aromatic rings. The SMILES string of the molecule is CCCn1c(NC(=O)c2cc(C)nn2CC)nc2cc(C(N)=O)cc(OCCCNSC)c21. The third-order valence-electron chi connectivity index (χ3n) is 5.02. The van der Waals surface area contributed by atoms with Crippen LogP contribution in [0.3, 0.4) is 0 Å². The number of primary amides is 1. The highest BCUT2D eigenvalue weighted by atomic mass is 32.2. The average molecular weight is 474 g/mol. The lowest BCUT2D eigenvalue weighted by Gasteiger charge is -2.13. The molecule has 4 N–H and O–H groups in total. The quantitative estimate of drug-likeness (QED) is 0.272. The number of nitrogens with two attached hydrogens (primary N) is 1. The summed E-state index contributed by atoms with van der Waals surface area (Å²) in [4.78, 5) is 29.6. The van der Waals surface area contributed by atoms with Crippen LogP contribution in [0.15, 0.2) is 18.2 Å². The second-order valence-electron chi connectivity index (χ2n) is 7.53. The number of anilines is 1. The lowest BCUT2D eigenvalue weighted by atomic mass is 10.1. The van der Waals surface area contributed by atoms with Crippen molar-refractivity contribution in [3.05, 3.63) is 35.2 Å². The van der Waals surface area contributed by atoms with E-state index in [1.54, 1.807) is 34.8 Å². The smallest absolute Gasteiger partial charge is 0.276 e. The van der Waals surface area contributed by atoms with Crippen molar-refractivity contribution >= 4 is 40.7 Å². The molecule has 0 radical (unpaired) electrons. The summed E-state index contributed by atoms with van der Waals surface area (Å²) in [5.41, 5.74) is 8.32. The third kappa shape index (κ3) is 5.66. The minimum atomic E-state index is -0.566. The Bertz CT molecular complexity index is 1140. The number of rotatable bonds is 12. The van der Waals surface area contributed by atoms with Crippen LogP contribution in [0, 0.1) is 6.92 Å². The molecule has 0 saturated carbocycles. The summed E-state index contributed by atoms with van der Waals surface area (Å²) in [7, 11) is 0. The van der Waals surface area contributed by atoms with Crippen molar-refractivity contribution in [2.75, 3.05) is 24.7 Å². The standard InChI is InChI=1S/C22H31N7O3S/c1-5-9-28-19-16(12-15(20(23)30)13-18(19)32-10-7-8-24-33-4)25-22(28)26-21(31)17-11-14(3)27-29(17)6-2/h11-13,24H,5-10H2,1-4H3,(H2,23,30)(H,25,26,31). The molecule has 0 saturated heterocycles. The van der Waals surface area contributed by atoms with Crippen LogP contribution in [0.5, 0.6) is 5.75 Å². The maximum atomic E-state index is 13.0. The molecule has 0 unspecified atom stereocenters. The number of hydrogen-bond acceptors (Lipinski definition) is 7. The molecule has 2 heterocycles. The van der Waals surface area contributed by atoms with Crippen molar-refractivity contribution in [3.8, 4) is 5.75 Å². The summed E-state index contributed by atoms with van der Waals surface area (Å²) < 4.78 is 12.8. The first-order chi connectivity index (χ1) is 15.9. The van der Waals surface area contributed by atoms with Gasteiger partial charge in [-0.3, -0.25) is 24.3 Å². The normalized spacial score (nSPS) is 11.2. The van der Waals surface area contributed by atoms with Gasteiger partial charge in [-0.1, -0.05) is 18.9 Å². The molecular formula is C22H31N7O3S. The number of aryl methyl sites for hydroxylation is 3. The maximum absolute atomic E-state index is 13.0. The molecule has 0 aliphatic carbocycles. The Morgan fingerprint density at radius 3 is 2.70 bits per heavy atom. The van der Waals surface area contributed by atoms with E-state index in [4.69, 9.17) is 10.5 Å². The number of aromatic nitrogens is 4. The Labute approximate surface area is 197 Å². The van der Waals surface area contributed by atoms with Gasteiger partial charge in [0.25, 0.3) is 5.91 Å². The van der Waals surface area contributed by atoms with Crippen LogP contribution >= 0.6 is 11.9 Å². The van der Waals surface area contributed by atoms with Crippen molar-refractivity contribution < 1.29 is 14.3 Å². The Morgan fingerprint density at radius 2 is 2.03 bits per heavy atom. The highest BCUT2D eigenvalue weighted by Crippen LogP contribution is 2.31. The molecule has 0 bridgehead atoms. The minimum absolute atomic E-state index is 0.300. The second kappa shape index (κ2) is 11.2. The molecule has 11 heteroatoms. The fourth-order valence-corrected chi connectivity index (χ4v) is 3.93. The number of ether oxygens (including phenoxy) is 1. The summed E-state index contributed by atoms with van der Waals surface area (Å²) in [6.07, 6.45) is 3.57. The zero-order chi connectivity index (χ0) is 24.0. The predicted octanol–water partition coefficient (Wildman–Crippen LogP) is 2.96. The van der Waals surface area contributed by atoms with E-state index in [2.05, 4.69) is 20.1 Å². The number of imidazole rings is 1. The largest absolute Gasteiger partial charge is 0.491 e. The Kier molecular flexibility index (Phi) is 8.34. The lowest BCUT2D eigenvalue weighted by Crippen LogP contribution is -2.20. The zero-order valence-electron chi connectivity index (χ0n) is 19.5. The maximum Gasteiger partial charge on any atom is 0.276 e. The van der Waals surface area contributed by atoms with Crippen LogP contribution in [0.4, 0.5) is 5.95 Å². The van der Waals surface area contributed by atoms with Gasteiger partial charge in [-0.25, -0.2) is 4.98 Å². The molecule has 33 heavy (non-hydrogen) atoms. The van der Waals surface area contributed by atoms with Gasteiger partial charge in [0.05, 0.1) is 17.8 Å². The number of benzene rings is 1. The Hall–Kier alpha value is -3.05. The molecular weight excluding hydrogens is 442 g/mol. The van der Waals surface area contributed by atoms with Gasteiger partial charge in [-0.05, 0) is 51.1 Å². The number of fused-ring (bicyclic) bond motifs is 1. The van der Waals surface area contributed by atoms with Gasteiger partial charge in [0.15, 0.2) is 0 Å². The van der Waals surface area contributed by atoms with Crippen LogP contribution in [-0.2, 0) is 13.1 Å². The van der Waals surface area contributed by atoms with Crippen molar-refractivity contribution in [2.45, 2.75) is 46.7 Å². The number of amides is 2. The van der Waals surface area contributed by atoms with Gasteiger partial charge in [-0.15, -0.1) is 0 Å². The van der Waals surface area contributed by atoms with Crippen LogP contribution in [-0.4, -0.2) is 50.6 Å². The van der Waals surface area contributed by atoms with E-state index in [-0.39, 0.29) is 5.91 Å². The van der Waals surface area contributed by atoms with Crippen LogP contribution in [0.1, 0.15) is 53.2 Å². The van der Waals surface area contributed by atoms with Gasteiger partial charge in [-0.2, -0.15) is 5.10 Å². The minimum Gasteiger partial charge on any atom is -0.491 e. The molecule has 0 aliphatic heterocycles. The van der Waals surface area contributed by atoms with Crippen molar-refractivity contribution in [3.63, 3.8) is 0 Å². The summed E-state index contributed by atoms with van der Waals surface area (Å²) >= 11 is 1.55. The predicted molar refractivity (Wildman–Crippen MR) is 131 cm³/mol. The molecule has 0 fully saturated rings. The first-order valence-electron chi connectivity index (χ1n) is 11.0. The van der Waals surface area contributed by atoms with Crippen LogP contribution < -0.4 is 20.5 Å². The van der Waals surface area contributed by atoms with Crippen molar-refractivity contribution in [2.24, 2.45) is 5.73 Å². The van der Waals surface area contributed by atoms with E-state index < -0.39 is 5.91 Å². The van der Waals surface area contributed by atoms with E-state index in [0.29, 0.717) is 48.2 Å². The van der Waals surface area contributed by atoms with Gasteiger partial charge in [0.1, 0.15) is 17.0 Å². The highest BCUT2D eigenvalue weighted by molar-refractivity contribution is 7.96. The first-order valence-corrected chi connectivity index (χ1v) is 12.2. The fourth-order valence-electron chi connectivity index (χ4n) is 3.58. The first kappa shape index (κ1) is 24.6. The summed E-state index contributed by atoms with van der Waals surface area (Å²) in [6.45, 7) is 8.25. The number of nitrogens with zero attached hydrogens (tertiary/aromatic N) is 4. The molecule has 0 spiro atoms. The van der Waals surface area contributed by atoms with E-state index >= 15 is 0 Å². The average Bonchev–Trinajstić information content (AvgIpc) is 3.33. The molecule has 178 valence electrons. The molecule has 2 aromatic heterocycles. The topological polar surface area (TPSA) is 129 Å². The molecule has 3 rings (SSSR count). The van der Waals surface area contributed by atoms with Crippen molar-refractivity contribution in [1.82, 2.24) is 24.1 Å². The zero-order valence-corrected chi connectivity index (χ0v) is 20.3. The van der Waals surface area contributed by atoms with Crippen molar-refractivity contribution in [1.29, 1.82) is 0 Å². The van der Waals surface area contributed by atoms with Crippen LogP contribution in [0.2, 0.25) is 0 Å². The lowest BCUT2D eigenvalue weighted by molar-refractivity contribution is 0.0995. The number of carbonyl (C=O) groups is 2. The fraction of sp³-hybridized carbons (Fsp3) is 0.455. The third-order valence-corrected chi connectivity index (χ3v) is 5.52. The summed E-state index contributed by atoms with van der Waals surface area (Å²) in [6, 6.07) is 5.01. The number of hydrogen-bond donors (Lipinski definition) is 3. The van der Waals surface area contributed by atoms with E-state index in [1.807, 2.05) is 31.6 Å². The number of carbonyl (C=O) groups excluding carboxylic acids is 2. The van der Waals surface area contributed by atoms with Crippen LogP contribution in [0.25, 0.3) is 11.0 Å². The Balaban J connectivity index is 2.00. The van der Waals surface area contributed by atoms with Gasteiger partial charge in [0.2, 0.25) is 11.9 Å². The summed E-state index contributed by atoms with van der Waals surface area (Å²) in [5.74, 6) is 0.0322. The molecule has 0 aliphatic rings. The molecule has 1 aromatic carbocycles. The van der Waals surface area contributed by atoms with E-state index in [9.17, 15) is 9.59 Å². The number of nitrogens with one attached hydrogen (secondary N) is 2. The van der Waals surface area contributed by atoms with Gasteiger partial charge >= 0.3 is 0 Å². The second-order valence-corrected chi connectivity index (χ2v) is 8.23. The molecule has 10 nitrogen and oxygen atoms in total. The Morgan fingerprint density at radius 1 is 1.24 bits per heavy atom. The van der Waals surface area contributed by atoms with Gasteiger partial charge < -0.3 is 15.0 Å². The summed E-state index contributed by atoms with van der Waals surface area (Å²) in [5, 5.41) is 7.26. The van der Waals surface area contributed by atoms with Gasteiger partial charge in [0, 0.05) is 25.2 Å². The highest BCUT2D eigenvalue weighted by Gasteiger charge is 2.21. The molecule has 0 atom stereocenters. The monoisotopic (exact) mass is 473 g/mol. The van der Waals surface area contributed by atoms with E-state index in [1.165, 1.54) is 0 Å².